The fourth-order valence-electron chi connectivity index (χ4n) is 2.87. The molecule has 2 aromatic rings. The Bertz CT molecular complexity index is 620. The lowest BCUT2D eigenvalue weighted by Crippen LogP contribution is -2.34. The van der Waals surface area contributed by atoms with Crippen LogP contribution in [0.4, 0.5) is 0 Å². The van der Waals surface area contributed by atoms with E-state index in [0.29, 0.717) is 18.7 Å². The minimum absolute atomic E-state index is 0.164. The first-order valence-electron chi connectivity index (χ1n) is 7.96. The Kier molecular flexibility index (Phi) is 4.95. The molecule has 1 saturated heterocycles. The molecule has 2 aromatic heterocycles. The number of aliphatic hydroxyl groups is 2. The SMILES string of the molecule is OC[C@@]1(O)CCCN(Cc2cnc(-c3ccccn3)nc2)CC1. The predicted molar refractivity (Wildman–Crippen MR) is 86.4 cm³/mol. The third kappa shape index (κ3) is 4.10. The summed E-state index contributed by atoms with van der Waals surface area (Å²) in [6, 6.07) is 5.67. The molecule has 0 aromatic carbocycles. The van der Waals surface area contributed by atoms with Gasteiger partial charge in [-0.05, 0) is 37.9 Å². The second-order valence-corrected chi connectivity index (χ2v) is 6.14. The predicted octanol–water partition coefficient (Wildman–Crippen LogP) is 1.25. The van der Waals surface area contributed by atoms with E-state index in [-0.39, 0.29) is 6.61 Å². The summed E-state index contributed by atoms with van der Waals surface area (Å²) in [6.45, 7) is 2.26. The number of nitrogens with zero attached hydrogens (tertiary/aromatic N) is 4. The van der Waals surface area contributed by atoms with Gasteiger partial charge in [0.15, 0.2) is 5.82 Å². The van der Waals surface area contributed by atoms with Crippen LogP contribution in [0.3, 0.4) is 0 Å². The molecule has 2 N–H and O–H groups in total. The highest BCUT2D eigenvalue weighted by Crippen LogP contribution is 2.22. The molecule has 0 amide bonds. The molecule has 6 nitrogen and oxygen atoms in total. The minimum Gasteiger partial charge on any atom is -0.393 e. The van der Waals surface area contributed by atoms with E-state index in [0.717, 1.165) is 37.3 Å². The molecule has 6 heteroatoms. The van der Waals surface area contributed by atoms with Crippen LogP contribution >= 0.6 is 0 Å². The van der Waals surface area contributed by atoms with Crippen molar-refractivity contribution < 1.29 is 10.2 Å². The quantitative estimate of drug-likeness (QED) is 0.884. The van der Waals surface area contributed by atoms with Gasteiger partial charge in [0.2, 0.25) is 0 Å². The number of aliphatic hydroxyl groups excluding tert-OH is 1. The van der Waals surface area contributed by atoms with Crippen molar-refractivity contribution in [2.45, 2.75) is 31.4 Å². The zero-order valence-electron chi connectivity index (χ0n) is 13.1. The third-order valence-corrected chi connectivity index (χ3v) is 4.31. The monoisotopic (exact) mass is 314 g/mol. The van der Waals surface area contributed by atoms with Crippen molar-refractivity contribution in [3.05, 3.63) is 42.4 Å². The fourth-order valence-corrected chi connectivity index (χ4v) is 2.87. The number of pyridine rings is 1. The average Bonchev–Trinajstić information content (AvgIpc) is 2.79. The number of likely N-dealkylation sites (tertiary alicyclic amines) is 1. The second kappa shape index (κ2) is 7.12. The number of rotatable bonds is 4. The fraction of sp³-hybridized carbons (Fsp3) is 0.471. The van der Waals surface area contributed by atoms with Crippen LogP contribution in [0, 0.1) is 0 Å². The van der Waals surface area contributed by atoms with Gasteiger partial charge in [-0.2, -0.15) is 0 Å². The Morgan fingerprint density at radius 2 is 1.91 bits per heavy atom. The van der Waals surface area contributed by atoms with E-state index in [2.05, 4.69) is 19.9 Å². The zero-order valence-corrected chi connectivity index (χ0v) is 13.1. The van der Waals surface area contributed by atoms with Gasteiger partial charge in [0.05, 0.1) is 12.2 Å². The van der Waals surface area contributed by atoms with Crippen LogP contribution in [0.1, 0.15) is 24.8 Å². The molecule has 1 aliphatic heterocycles. The van der Waals surface area contributed by atoms with Crippen molar-refractivity contribution in [1.29, 1.82) is 0 Å². The van der Waals surface area contributed by atoms with E-state index >= 15 is 0 Å². The van der Waals surface area contributed by atoms with Crippen LogP contribution in [0.25, 0.3) is 11.5 Å². The highest BCUT2D eigenvalue weighted by Gasteiger charge is 2.29. The maximum Gasteiger partial charge on any atom is 0.178 e. The van der Waals surface area contributed by atoms with Gasteiger partial charge in [-0.1, -0.05) is 6.07 Å². The van der Waals surface area contributed by atoms with Crippen molar-refractivity contribution in [3.8, 4) is 11.5 Å². The van der Waals surface area contributed by atoms with E-state index in [9.17, 15) is 10.2 Å². The molecular formula is C17H22N4O2. The van der Waals surface area contributed by atoms with Crippen LogP contribution in [0.15, 0.2) is 36.8 Å². The van der Waals surface area contributed by atoms with Crippen molar-refractivity contribution in [2.24, 2.45) is 0 Å². The summed E-state index contributed by atoms with van der Waals surface area (Å²) in [6.07, 6.45) is 7.52. The Labute approximate surface area is 135 Å². The molecule has 0 saturated carbocycles. The lowest BCUT2D eigenvalue weighted by atomic mass is 9.96. The maximum absolute atomic E-state index is 10.2. The van der Waals surface area contributed by atoms with Crippen LogP contribution in [-0.4, -0.2) is 55.4 Å². The molecule has 1 fully saturated rings. The largest absolute Gasteiger partial charge is 0.393 e. The first-order valence-corrected chi connectivity index (χ1v) is 7.96. The van der Waals surface area contributed by atoms with Crippen LogP contribution in [-0.2, 0) is 6.54 Å². The summed E-state index contributed by atoms with van der Waals surface area (Å²) in [4.78, 5) is 15.3. The zero-order chi connectivity index (χ0) is 16.1. The second-order valence-electron chi connectivity index (χ2n) is 6.14. The average molecular weight is 314 g/mol. The standard InChI is InChI=1S/C17H22N4O2/c22-13-17(23)5-3-8-21(9-6-17)12-14-10-19-16(20-11-14)15-4-1-2-7-18-15/h1-2,4,7,10-11,22-23H,3,5-6,8-9,12-13H2/t17-/m1/s1. The van der Waals surface area contributed by atoms with Gasteiger partial charge in [0.1, 0.15) is 5.69 Å². The number of hydrogen-bond acceptors (Lipinski definition) is 6. The van der Waals surface area contributed by atoms with Gasteiger partial charge in [-0.15, -0.1) is 0 Å². The van der Waals surface area contributed by atoms with Crippen molar-refractivity contribution in [3.63, 3.8) is 0 Å². The highest BCUT2D eigenvalue weighted by molar-refractivity contribution is 5.47. The summed E-state index contributed by atoms with van der Waals surface area (Å²) in [5.74, 6) is 0.625. The van der Waals surface area contributed by atoms with E-state index in [4.69, 9.17) is 0 Å². The summed E-state index contributed by atoms with van der Waals surface area (Å²) in [5.41, 5.74) is 0.884. The van der Waals surface area contributed by atoms with E-state index in [1.807, 2.05) is 30.6 Å². The first kappa shape index (κ1) is 16.0. The van der Waals surface area contributed by atoms with Crippen molar-refractivity contribution in [1.82, 2.24) is 19.9 Å². The van der Waals surface area contributed by atoms with E-state index < -0.39 is 5.60 Å². The van der Waals surface area contributed by atoms with E-state index in [1.165, 1.54) is 0 Å². The van der Waals surface area contributed by atoms with Crippen molar-refractivity contribution >= 4 is 0 Å². The molecule has 122 valence electrons. The number of hydrogen-bond donors (Lipinski definition) is 2. The smallest absolute Gasteiger partial charge is 0.178 e. The minimum atomic E-state index is -0.923. The Morgan fingerprint density at radius 1 is 1.09 bits per heavy atom. The lowest BCUT2D eigenvalue weighted by molar-refractivity contribution is -0.0255. The molecule has 1 atom stereocenters. The van der Waals surface area contributed by atoms with Crippen LogP contribution in [0.5, 0.6) is 0 Å². The molecule has 0 radical (unpaired) electrons. The summed E-state index contributed by atoms with van der Waals surface area (Å²) in [7, 11) is 0. The summed E-state index contributed by atoms with van der Waals surface area (Å²) >= 11 is 0. The van der Waals surface area contributed by atoms with Gasteiger partial charge < -0.3 is 10.2 Å². The summed E-state index contributed by atoms with van der Waals surface area (Å²) in [5, 5.41) is 19.5. The Balaban J connectivity index is 1.62. The third-order valence-electron chi connectivity index (χ3n) is 4.31. The molecule has 0 spiro atoms. The van der Waals surface area contributed by atoms with Gasteiger partial charge in [-0.25, -0.2) is 9.97 Å². The normalized spacial score (nSPS) is 22.7. The molecule has 0 unspecified atom stereocenters. The highest BCUT2D eigenvalue weighted by atomic mass is 16.3. The Hall–Kier alpha value is -1.89. The van der Waals surface area contributed by atoms with Gasteiger partial charge in [0.25, 0.3) is 0 Å². The Morgan fingerprint density at radius 3 is 2.61 bits per heavy atom. The number of aromatic nitrogens is 3. The molecule has 23 heavy (non-hydrogen) atoms. The van der Waals surface area contributed by atoms with Crippen LogP contribution in [0.2, 0.25) is 0 Å². The van der Waals surface area contributed by atoms with Crippen LogP contribution < -0.4 is 0 Å². The molecular weight excluding hydrogens is 292 g/mol. The topological polar surface area (TPSA) is 82.4 Å². The molecule has 3 rings (SSSR count). The molecule has 0 bridgehead atoms. The maximum atomic E-state index is 10.2. The lowest BCUT2D eigenvalue weighted by Gasteiger charge is -2.24. The van der Waals surface area contributed by atoms with Crippen molar-refractivity contribution in [2.75, 3.05) is 19.7 Å². The first-order chi connectivity index (χ1) is 11.2. The molecule has 3 heterocycles. The van der Waals surface area contributed by atoms with Gasteiger partial charge in [-0.3, -0.25) is 9.88 Å². The molecule has 1 aliphatic rings. The van der Waals surface area contributed by atoms with Gasteiger partial charge in [0, 0.05) is 37.2 Å². The molecule has 0 aliphatic carbocycles. The van der Waals surface area contributed by atoms with Gasteiger partial charge >= 0.3 is 0 Å². The van der Waals surface area contributed by atoms with E-state index in [1.54, 1.807) is 6.20 Å². The summed E-state index contributed by atoms with van der Waals surface area (Å²) < 4.78 is 0.